The summed E-state index contributed by atoms with van der Waals surface area (Å²) in [7, 11) is 0. The Morgan fingerprint density at radius 2 is 2.08 bits per heavy atom. The zero-order chi connectivity index (χ0) is 17.2. The van der Waals surface area contributed by atoms with Crippen LogP contribution in [0.2, 0.25) is 0 Å². The number of hydrogen-bond donors (Lipinski definition) is 0. The summed E-state index contributed by atoms with van der Waals surface area (Å²) in [5, 5.41) is 0. The number of carbonyl (C=O) groups is 1. The van der Waals surface area contributed by atoms with E-state index in [4.69, 9.17) is 14.2 Å². The number of nitrogens with zero attached hydrogens (tertiary/aromatic N) is 2. The fraction of sp³-hybridized carbons (Fsp3) is 0.421. The second-order valence-corrected chi connectivity index (χ2v) is 6.24. The fourth-order valence-corrected chi connectivity index (χ4v) is 3.46. The molecule has 0 saturated heterocycles. The van der Waals surface area contributed by atoms with Crippen molar-refractivity contribution in [2.75, 3.05) is 26.4 Å². The van der Waals surface area contributed by atoms with Gasteiger partial charge in [-0.15, -0.1) is 0 Å². The maximum Gasteiger partial charge on any atom is 0.258 e. The molecule has 2 aromatic rings. The number of benzene rings is 1. The van der Waals surface area contributed by atoms with Gasteiger partial charge in [0.05, 0.1) is 24.8 Å². The van der Waals surface area contributed by atoms with Crippen LogP contribution in [-0.2, 0) is 17.8 Å². The maximum absolute atomic E-state index is 13.2. The number of aromatic nitrogens is 1. The number of rotatable bonds is 3. The summed E-state index contributed by atoms with van der Waals surface area (Å²) < 4.78 is 19.3. The predicted molar refractivity (Wildman–Crippen MR) is 92.0 cm³/mol. The van der Waals surface area contributed by atoms with Crippen molar-refractivity contribution < 1.29 is 19.0 Å². The smallest absolute Gasteiger partial charge is 0.258 e. The molecule has 2 aliphatic heterocycles. The van der Waals surface area contributed by atoms with Gasteiger partial charge >= 0.3 is 0 Å². The summed E-state index contributed by atoms with van der Waals surface area (Å²) in [4.78, 5) is 15.1. The quantitative estimate of drug-likeness (QED) is 0.859. The Hall–Kier alpha value is -2.47. The Morgan fingerprint density at radius 3 is 2.96 bits per heavy atom. The molecule has 0 fully saturated rings. The monoisotopic (exact) mass is 342 g/mol. The number of ether oxygens (including phenoxy) is 3. The van der Waals surface area contributed by atoms with E-state index in [0.717, 1.165) is 12.2 Å². The average molecular weight is 342 g/mol. The molecule has 0 saturated carbocycles. The van der Waals surface area contributed by atoms with E-state index < -0.39 is 0 Å². The summed E-state index contributed by atoms with van der Waals surface area (Å²) in [6.45, 7) is 5.44. The number of para-hydroxylation sites is 1. The molecule has 1 atom stereocenters. The van der Waals surface area contributed by atoms with Crippen LogP contribution in [-0.4, -0.2) is 47.8 Å². The van der Waals surface area contributed by atoms with Crippen LogP contribution in [0.15, 0.2) is 36.5 Å². The molecular weight excluding hydrogens is 320 g/mol. The molecule has 1 amide bonds. The molecule has 3 heterocycles. The molecule has 0 spiro atoms. The van der Waals surface area contributed by atoms with Crippen LogP contribution >= 0.6 is 0 Å². The molecule has 0 N–H and O–H groups in total. The Labute approximate surface area is 146 Å². The van der Waals surface area contributed by atoms with Crippen LogP contribution in [0.5, 0.6) is 11.5 Å². The molecule has 1 aromatic heterocycles. The molecule has 132 valence electrons. The zero-order valence-electron chi connectivity index (χ0n) is 14.3. The molecule has 2 aliphatic rings. The highest BCUT2D eigenvalue weighted by molar-refractivity contribution is 5.98. The van der Waals surface area contributed by atoms with Crippen molar-refractivity contribution >= 4 is 5.91 Å². The molecule has 0 aliphatic carbocycles. The van der Waals surface area contributed by atoms with E-state index >= 15 is 0 Å². The van der Waals surface area contributed by atoms with Crippen molar-refractivity contribution in [2.24, 2.45) is 0 Å². The van der Waals surface area contributed by atoms with Crippen molar-refractivity contribution in [1.29, 1.82) is 0 Å². The number of fused-ring (bicyclic) bond motifs is 2. The van der Waals surface area contributed by atoms with Crippen LogP contribution in [0.25, 0.3) is 0 Å². The van der Waals surface area contributed by atoms with Crippen LogP contribution in [0.3, 0.4) is 0 Å². The Bertz CT molecular complexity index is 771. The summed E-state index contributed by atoms with van der Waals surface area (Å²) in [6.07, 6.45) is 2.01. The molecule has 4 rings (SSSR count). The highest BCUT2D eigenvalue weighted by Crippen LogP contribution is 2.34. The third-order valence-electron chi connectivity index (χ3n) is 4.59. The molecule has 25 heavy (non-hydrogen) atoms. The Kier molecular flexibility index (Phi) is 4.36. The molecule has 0 radical (unpaired) electrons. The fourth-order valence-electron chi connectivity index (χ4n) is 3.46. The highest BCUT2D eigenvalue weighted by Gasteiger charge is 2.29. The van der Waals surface area contributed by atoms with Gasteiger partial charge in [-0.3, -0.25) is 4.79 Å². The molecule has 6 nitrogen and oxygen atoms in total. The van der Waals surface area contributed by atoms with E-state index in [1.807, 2.05) is 36.2 Å². The summed E-state index contributed by atoms with van der Waals surface area (Å²) in [5.41, 5.74) is 1.66. The summed E-state index contributed by atoms with van der Waals surface area (Å²) in [5.74, 6) is 1.13. The van der Waals surface area contributed by atoms with Crippen molar-refractivity contribution in [3.05, 3.63) is 47.8 Å². The minimum absolute atomic E-state index is 0.0284. The van der Waals surface area contributed by atoms with Gasteiger partial charge in [0.2, 0.25) is 0 Å². The highest BCUT2D eigenvalue weighted by atomic mass is 16.6. The number of hydrogen-bond acceptors (Lipinski definition) is 4. The summed E-state index contributed by atoms with van der Waals surface area (Å²) >= 11 is 0. The van der Waals surface area contributed by atoms with E-state index in [9.17, 15) is 4.79 Å². The Balaban J connectivity index is 1.65. The van der Waals surface area contributed by atoms with Crippen molar-refractivity contribution in [2.45, 2.75) is 26.1 Å². The first-order chi connectivity index (χ1) is 12.3. The third kappa shape index (κ3) is 3.09. The van der Waals surface area contributed by atoms with Gasteiger partial charge in [0.1, 0.15) is 13.2 Å². The van der Waals surface area contributed by atoms with E-state index in [1.54, 1.807) is 6.07 Å². The first-order valence-corrected chi connectivity index (χ1v) is 8.69. The van der Waals surface area contributed by atoms with Crippen LogP contribution in [0.4, 0.5) is 0 Å². The predicted octanol–water partition coefficient (Wildman–Crippen LogP) is 2.32. The van der Waals surface area contributed by atoms with E-state index in [0.29, 0.717) is 50.0 Å². The second kappa shape index (κ2) is 6.80. The van der Waals surface area contributed by atoms with Gasteiger partial charge in [0.25, 0.3) is 5.91 Å². The minimum atomic E-state index is -0.0540. The largest absolute Gasteiger partial charge is 0.486 e. The van der Waals surface area contributed by atoms with Gasteiger partial charge in [-0.05, 0) is 31.2 Å². The number of carbonyl (C=O) groups excluding carboxylic acids is 1. The normalized spacial score (nSPS) is 19.2. The first kappa shape index (κ1) is 16.0. The maximum atomic E-state index is 13.2. The van der Waals surface area contributed by atoms with Crippen LogP contribution in [0, 0.1) is 0 Å². The lowest BCUT2D eigenvalue weighted by Gasteiger charge is -2.26. The summed E-state index contributed by atoms with van der Waals surface area (Å²) in [6, 6.07) is 9.53. The lowest BCUT2D eigenvalue weighted by molar-refractivity contribution is 0.0256. The van der Waals surface area contributed by atoms with Crippen molar-refractivity contribution in [3.8, 4) is 11.5 Å². The first-order valence-electron chi connectivity index (χ1n) is 8.69. The second-order valence-electron chi connectivity index (χ2n) is 6.24. The molecule has 1 aromatic carbocycles. The molecular formula is C19H22N2O4. The lowest BCUT2D eigenvalue weighted by Crippen LogP contribution is -2.37. The Morgan fingerprint density at radius 1 is 1.20 bits per heavy atom. The van der Waals surface area contributed by atoms with Gasteiger partial charge < -0.3 is 23.7 Å². The van der Waals surface area contributed by atoms with E-state index in [2.05, 4.69) is 10.6 Å². The molecule has 0 bridgehead atoms. The van der Waals surface area contributed by atoms with E-state index in [-0.39, 0.29) is 12.0 Å². The standard InChI is InChI=1S/C19H22N2O4/c1-2-23-15-12-20-8-4-5-14(20)11-21(13-15)19(22)16-6-3-7-17-18(16)25-10-9-24-17/h3-8,15H,2,9-13H2,1H3. The lowest BCUT2D eigenvalue weighted by atomic mass is 10.1. The van der Waals surface area contributed by atoms with Gasteiger partial charge in [-0.1, -0.05) is 6.07 Å². The average Bonchev–Trinajstić information content (AvgIpc) is 2.99. The zero-order valence-corrected chi connectivity index (χ0v) is 14.3. The number of amides is 1. The molecule has 1 unspecified atom stereocenters. The third-order valence-corrected chi connectivity index (χ3v) is 4.59. The van der Waals surface area contributed by atoms with Crippen LogP contribution in [0.1, 0.15) is 23.0 Å². The SMILES string of the molecule is CCOC1CN(C(=O)c2cccc3c2OCCO3)Cc2cccn2C1. The van der Waals surface area contributed by atoms with Crippen LogP contribution < -0.4 is 9.47 Å². The van der Waals surface area contributed by atoms with Crippen molar-refractivity contribution in [3.63, 3.8) is 0 Å². The van der Waals surface area contributed by atoms with E-state index in [1.165, 1.54) is 0 Å². The van der Waals surface area contributed by atoms with Gasteiger partial charge in [-0.25, -0.2) is 0 Å². The molecule has 6 heteroatoms. The van der Waals surface area contributed by atoms with Gasteiger partial charge in [0, 0.05) is 25.0 Å². The minimum Gasteiger partial charge on any atom is -0.486 e. The topological polar surface area (TPSA) is 52.9 Å². The van der Waals surface area contributed by atoms with Gasteiger partial charge in [0.15, 0.2) is 11.5 Å². The van der Waals surface area contributed by atoms with Crippen molar-refractivity contribution in [1.82, 2.24) is 9.47 Å². The van der Waals surface area contributed by atoms with Gasteiger partial charge in [-0.2, -0.15) is 0 Å².